The molecule has 3 aliphatic heterocycles. The Morgan fingerprint density at radius 1 is 1.19 bits per heavy atom. The normalized spacial score (nSPS) is 21.9. The zero-order valence-electron chi connectivity index (χ0n) is 21.1. The van der Waals surface area contributed by atoms with Gasteiger partial charge in [0.15, 0.2) is 28.4 Å². The third-order valence-electron chi connectivity index (χ3n) is 7.58. The Labute approximate surface area is 220 Å². The van der Waals surface area contributed by atoms with Crippen LogP contribution >= 0.6 is 11.6 Å². The van der Waals surface area contributed by atoms with Crippen molar-refractivity contribution in [2.45, 2.75) is 51.1 Å². The molecule has 12 heteroatoms. The quantitative estimate of drug-likeness (QED) is 0.407. The second kappa shape index (κ2) is 9.37. The summed E-state index contributed by atoms with van der Waals surface area (Å²) >= 11 is 5.89. The van der Waals surface area contributed by atoms with Gasteiger partial charge in [-0.25, -0.2) is 9.97 Å². The number of guanidine groups is 1. The van der Waals surface area contributed by atoms with Gasteiger partial charge in [0.2, 0.25) is 0 Å². The van der Waals surface area contributed by atoms with E-state index in [0.29, 0.717) is 56.3 Å². The number of nitrogens with one attached hydrogen (secondary N) is 3. The fourth-order valence-electron chi connectivity index (χ4n) is 5.65. The minimum absolute atomic E-state index is 0.0430. The van der Waals surface area contributed by atoms with E-state index in [9.17, 15) is 9.59 Å². The molecule has 1 spiro atoms. The van der Waals surface area contributed by atoms with Gasteiger partial charge in [0.1, 0.15) is 0 Å². The highest BCUT2D eigenvalue weighted by Gasteiger charge is 2.40. The Bertz CT molecular complexity index is 1290. The van der Waals surface area contributed by atoms with Crippen molar-refractivity contribution in [2.75, 3.05) is 36.4 Å². The van der Waals surface area contributed by atoms with Crippen LogP contribution in [0, 0.1) is 5.92 Å². The minimum Gasteiger partial charge on any atom is -0.382 e. The zero-order chi connectivity index (χ0) is 26.5. The lowest BCUT2D eigenvalue weighted by atomic mass is 9.85. The highest BCUT2D eigenvalue weighted by Crippen LogP contribution is 2.41. The van der Waals surface area contributed by atoms with E-state index in [0.717, 1.165) is 11.3 Å². The molecule has 4 heterocycles. The van der Waals surface area contributed by atoms with Gasteiger partial charge in [0.05, 0.1) is 12.1 Å². The van der Waals surface area contributed by atoms with Gasteiger partial charge in [-0.05, 0) is 49.4 Å². The Hall–Kier alpha value is -3.60. The lowest BCUT2D eigenvalue weighted by Crippen LogP contribution is -2.57. The van der Waals surface area contributed by atoms with Crippen LogP contribution < -0.4 is 27.4 Å². The van der Waals surface area contributed by atoms with Gasteiger partial charge in [-0.1, -0.05) is 25.4 Å². The Kier molecular flexibility index (Phi) is 6.35. The van der Waals surface area contributed by atoms with Gasteiger partial charge in [-0.3, -0.25) is 19.9 Å². The van der Waals surface area contributed by atoms with Crippen molar-refractivity contribution in [3.8, 4) is 0 Å². The highest BCUT2D eigenvalue weighted by atomic mass is 35.5. The second-order valence-corrected chi connectivity index (χ2v) is 10.8. The van der Waals surface area contributed by atoms with E-state index in [1.165, 1.54) is 5.56 Å². The molecule has 1 saturated heterocycles. The van der Waals surface area contributed by atoms with Gasteiger partial charge in [0, 0.05) is 36.3 Å². The van der Waals surface area contributed by atoms with Crippen molar-refractivity contribution in [2.24, 2.45) is 10.9 Å². The van der Waals surface area contributed by atoms with Crippen LogP contribution in [0.3, 0.4) is 0 Å². The lowest BCUT2D eigenvalue weighted by Gasteiger charge is -2.39. The maximum Gasteiger partial charge on any atom is 0.280 e. The average Bonchev–Trinajstić information content (AvgIpc) is 3.40. The van der Waals surface area contributed by atoms with Crippen LogP contribution in [-0.4, -0.2) is 63.9 Å². The number of amides is 2. The first-order valence-electron chi connectivity index (χ1n) is 12.5. The van der Waals surface area contributed by atoms with E-state index >= 15 is 0 Å². The smallest absolute Gasteiger partial charge is 0.280 e. The van der Waals surface area contributed by atoms with Gasteiger partial charge < -0.3 is 27.0 Å². The standard InChI is InChI=1S/C25H32ClN9O2/c1-12(2)17-13(3)30-16-5-4-14(10-15(16)17)23(37)35-8-6-25(7-9-35)11-29-24(34-25)33-22(36)18-20(27)32-21(28)19(26)31-18/h4-5,10,12-13,17,30H,6-9,11H2,1-3H3,(H4,27,28,32)(H2,29,33,34,36). The van der Waals surface area contributed by atoms with Gasteiger partial charge in [-0.15, -0.1) is 0 Å². The van der Waals surface area contributed by atoms with E-state index in [1.807, 2.05) is 17.0 Å². The van der Waals surface area contributed by atoms with Gasteiger partial charge in [0.25, 0.3) is 11.8 Å². The summed E-state index contributed by atoms with van der Waals surface area (Å²) in [4.78, 5) is 40.1. The molecule has 0 radical (unpaired) electrons. The summed E-state index contributed by atoms with van der Waals surface area (Å²) in [5.74, 6) is 0.497. The molecule has 37 heavy (non-hydrogen) atoms. The maximum absolute atomic E-state index is 13.4. The van der Waals surface area contributed by atoms with Crippen LogP contribution in [-0.2, 0) is 0 Å². The fraction of sp³-hybridized carbons (Fsp3) is 0.480. The summed E-state index contributed by atoms with van der Waals surface area (Å²) in [5.41, 5.74) is 14.0. The average molecular weight is 526 g/mol. The number of benzene rings is 1. The summed E-state index contributed by atoms with van der Waals surface area (Å²) in [6.07, 6.45) is 1.41. The molecular weight excluding hydrogens is 494 g/mol. The van der Waals surface area contributed by atoms with Crippen molar-refractivity contribution in [1.29, 1.82) is 0 Å². The van der Waals surface area contributed by atoms with Crippen LogP contribution in [0.4, 0.5) is 17.3 Å². The third kappa shape index (κ3) is 4.63. The third-order valence-corrected chi connectivity index (χ3v) is 7.86. The number of nitrogens with zero attached hydrogens (tertiary/aromatic N) is 4. The van der Waals surface area contributed by atoms with Crippen molar-refractivity contribution >= 4 is 46.7 Å². The molecule has 1 aromatic carbocycles. The molecule has 196 valence electrons. The number of aromatic nitrogens is 2. The molecule has 11 nitrogen and oxygen atoms in total. The molecule has 0 saturated carbocycles. The van der Waals surface area contributed by atoms with Crippen LogP contribution in [0.1, 0.15) is 65.9 Å². The number of aliphatic imine (C=N–C) groups is 1. The highest BCUT2D eigenvalue weighted by molar-refractivity contribution is 6.31. The van der Waals surface area contributed by atoms with Gasteiger partial charge >= 0.3 is 0 Å². The number of nitrogens with two attached hydrogens (primary N) is 2. The van der Waals surface area contributed by atoms with Crippen LogP contribution in [0.25, 0.3) is 0 Å². The van der Waals surface area contributed by atoms with E-state index in [-0.39, 0.29) is 33.9 Å². The largest absolute Gasteiger partial charge is 0.382 e. The van der Waals surface area contributed by atoms with E-state index < -0.39 is 5.91 Å². The molecule has 2 aromatic rings. The minimum atomic E-state index is -0.581. The molecule has 0 aliphatic carbocycles. The number of hydrogen-bond donors (Lipinski definition) is 5. The Morgan fingerprint density at radius 2 is 1.92 bits per heavy atom. The number of nitrogen functional groups attached to an aromatic ring is 2. The molecule has 2 amide bonds. The number of anilines is 3. The zero-order valence-corrected chi connectivity index (χ0v) is 21.9. The maximum atomic E-state index is 13.4. The van der Waals surface area contributed by atoms with Crippen molar-refractivity contribution in [3.63, 3.8) is 0 Å². The van der Waals surface area contributed by atoms with Gasteiger partial charge in [-0.2, -0.15) is 0 Å². The number of carbonyl (C=O) groups is 2. The molecular formula is C25H32ClN9O2. The molecule has 1 aromatic heterocycles. The topological polar surface area (TPSA) is 164 Å². The molecule has 1 fully saturated rings. The van der Waals surface area contributed by atoms with Crippen LogP contribution in [0.2, 0.25) is 5.15 Å². The van der Waals surface area contributed by atoms with Crippen LogP contribution in [0.5, 0.6) is 0 Å². The number of fused-ring (bicyclic) bond motifs is 1. The first-order chi connectivity index (χ1) is 17.6. The van der Waals surface area contributed by atoms with Crippen LogP contribution in [0.15, 0.2) is 23.2 Å². The Balaban J connectivity index is 1.20. The predicted octanol–water partition coefficient (Wildman–Crippen LogP) is 2.21. The predicted molar refractivity (Wildman–Crippen MR) is 144 cm³/mol. The number of likely N-dealkylation sites (tertiary alicyclic amines) is 1. The molecule has 0 bridgehead atoms. The van der Waals surface area contributed by atoms with E-state index in [4.69, 9.17) is 23.1 Å². The molecule has 7 N–H and O–H groups in total. The Morgan fingerprint density at radius 3 is 2.62 bits per heavy atom. The van der Waals surface area contributed by atoms with Crippen molar-refractivity contribution in [3.05, 3.63) is 40.2 Å². The van der Waals surface area contributed by atoms with Crippen molar-refractivity contribution < 1.29 is 9.59 Å². The first kappa shape index (κ1) is 25.1. The summed E-state index contributed by atoms with van der Waals surface area (Å²) in [6, 6.07) is 6.35. The second-order valence-electron chi connectivity index (χ2n) is 10.5. The number of hydrogen-bond acceptors (Lipinski definition) is 9. The summed E-state index contributed by atoms with van der Waals surface area (Å²) < 4.78 is 0. The summed E-state index contributed by atoms with van der Waals surface area (Å²) in [6.45, 7) is 8.31. The monoisotopic (exact) mass is 525 g/mol. The number of carbonyl (C=O) groups excluding carboxylic acids is 2. The summed E-state index contributed by atoms with van der Waals surface area (Å²) in [5, 5.41) is 9.47. The molecule has 2 atom stereocenters. The van der Waals surface area contributed by atoms with E-state index in [1.54, 1.807) is 0 Å². The number of piperidine rings is 1. The summed E-state index contributed by atoms with van der Waals surface area (Å²) in [7, 11) is 0. The molecule has 5 rings (SSSR count). The SMILES string of the molecule is CC(C)C1c2cc(C(=O)N3CCC4(CC3)CN=C(NC(=O)c3nc(Cl)c(N)nc3N)N4)ccc2NC1C. The first-order valence-corrected chi connectivity index (χ1v) is 12.9. The molecule has 2 unspecified atom stereocenters. The van der Waals surface area contributed by atoms with E-state index in [2.05, 4.69) is 57.7 Å². The molecule has 3 aliphatic rings. The fourth-order valence-corrected chi connectivity index (χ4v) is 5.78. The van der Waals surface area contributed by atoms with Crippen molar-refractivity contribution in [1.82, 2.24) is 25.5 Å². The number of halogens is 1. The lowest BCUT2D eigenvalue weighted by molar-refractivity contribution is 0.0668. The number of rotatable bonds is 3.